The molecule has 0 unspecified atom stereocenters. The van der Waals surface area contributed by atoms with E-state index in [1.165, 1.54) is 0 Å². The van der Waals surface area contributed by atoms with Crippen LogP contribution in [0, 0.1) is 0 Å². The van der Waals surface area contributed by atoms with Crippen LogP contribution >= 0.6 is 0 Å². The number of alkyl halides is 2. The van der Waals surface area contributed by atoms with Gasteiger partial charge in [0.15, 0.2) is 0 Å². The fourth-order valence-electron chi connectivity index (χ4n) is 2.25. The molecule has 0 saturated carbocycles. The molecule has 5 nitrogen and oxygen atoms in total. The van der Waals surface area contributed by atoms with Crippen molar-refractivity contribution in [3.05, 3.63) is 29.3 Å². The van der Waals surface area contributed by atoms with E-state index < -0.39 is 22.8 Å². The van der Waals surface area contributed by atoms with Gasteiger partial charge in [-0.25, -0.2) is 21.9 Å². The van der Waals surface area contributed by atoms with E-state index in [1.54, 1.807) is 18.2 Å². The molecule has 0 bridgehead atoms. The average molecular weight is 314 g/mol. The van der Waals surface area contributed by atoms with Gasteiger partial charge in [-0.3, -0.25) is 4.79 Å². The van der Waals surface area contributed by atoms with Gasteiger partial charge >= 0.3 is 0 Å². The van der Waals surface area contributed by atoms with Crippen molar-refractivity contribution in [3.8, 4) is 0 Å². The Labute approximate surface area is 122 Å². The Kier molecular flexibility index (Phi) is 4.62. The largest absolute Gasteiger partial charge is 0.306 e. The van der Waals surface area contributed by atoms with Crippen molar-refractivity contribution in [1.29, 1.82) is 0 Å². The Morgan fingerprint density at radius 2 is 2.05 bits per heavy atom. The second-order valence-electron chi connectivity index (χ2n) is 4.72. The summed E-state index contributed by atoms with van der Waals surface area (Å²) in [6.45, 7) is -0.629. The Hall–Kier alpha value is -1.48. The smallest absolute Gasteiger partial charge is 0.277 e. The van der Waals surface area contributed by atoms with Gasteiger partial charge in [-0.2, -0.15) is 0 Å². The summed E-state index contributed by atoms with van der Waals surface area (Å²) < 4.78 is 48.9. The molecule has 2 rings (SSSR count). The molecule has 112 valence electrons. The molecule has 2 radical (unpaired) electrons. The van der Waals surface area contributed by atoms with Crippen LogP contribution in [-0.2, 0) is 27.6 Å². The van der Waals surface area contributed by atoms with Crippen molar-refractivity contribution in [3.63, 3.8) is 0 Å². The van der Waals surface area contributed by atoms with Crippen molar-refractivity contribution in [2.24, 2.45) is 0 Å². The molecular formula is C12H13BF2N2O3S. The summed E-state index contributed by atoms with van der Waals surface area (Å²) in [6, 6.07) is 4.82. The lowest BCUT2D eigenvalue weighted by molar-refractivity contribution is -0.119. The molecule has 9 heteroatoms. The Morgan fingerprint density at radius 3 is 2.67 bits per heavy atom. The number of carbonyl (C=O) groups excluding carboxylic acids is 1. The number of benzene rings is 1. The van der Waals surface area contributed by atoms with E-state index in [-0.39, 0.29) is 18.9 Å². The lowest BCUT2D eigenvalue weighted by Crippen LogP contribution is -2.38. The van der Waals surface area contributed by atoms with Crippen LogP contribution in [0.4, 0.5) is 14.5 Å². The number of nitrogens with zero attached hydrogens (tertiary/aromatic N) is 1. The fourth-order valence-corrected chi connectivity index (χ4v) is 2.61. The van der Waals surface area contributed by atoms with Crippen molar-refractivity contribution in [2.45, 2.75) is 25.8 Å². The minimum absolute atomic E-state index is 0.00884. The summed E-state index contributed by atoms with van der Waals surface area (Å²) in [5, 5.41) is 0. The topological polar surface area (TPSA) is 66.5 Å². The highest BCUT2D eigenvalue weighted by atomic mass is 32.2. The molecule has 0 spiro atoms. The molecule has 1 N–H and O–H groups in total. The van der Waals surface area contributed by atoms with E-state index >= 15 is 0 Å². The summed E-state index contributed by atoms with van der Waals surface area (Å²) >= 11 is 0. The monoisotopic (exact) mass is 314 g/mol. The minimum Gasteiger partial charge on any atom is -0.306 e. The van der Waals surface area contributed by atoms with Crippen LogP contribution in [0.3, 0.4) is 0 Å². The van der Waals surface area contributed by atoms with Crippen molar-refractivity contribution < 1.29 is 22.0 Å². The SMILES string of the molecule is [B]S(=O)(=O)NCc1ccc2c(c1)CCC(=O)N2CC(F)F. The first-order valence-electron chi connectivity index (χ1n) is 6.24. The Bertz CT molecular complexity index is 652. The predicted octanol–water partition coefficient (Wildman–Crippen LogP) is 0.734. The third-order valence-electron chi connectivity index (χ3n) is 3.14. The summed E-state index contributed by atoms with van der Waals surface area (Å²) in [5.74, 6) is -0.335. The average Bonchev–Trinajstić information content (AvgIpc) is 2.38. The van der Waals surface area contributed by atoms with Gasteiger partial charge < -0.3 is 4.90 Å². The number of amides is 1. The lowest BCUT2D eigenvalue weighted by Gasteiger charge is -2.29. The first-order chi connectivity index (χ1) is 9.76. The summed E-state index contributed by atoms with van der Waals surface area (Å²) in [4.78, 5) is 12.8. The summed E-state index contributed by atoms with van der Waals surface area (Å²) in [6.07, 6.45) is -2.01. The number of carbonyl (C=O) groups is 1. The maximum absolute atomic E-state index is 12.5. The molecule has 1 aliphatic rings. The van der Waals surface area contributed by atoms with Crippen molar-refractivity contribution >= 4 is 28.6 Å². The quantitative estimate of drug-likeness (QED) is 0.815. The highest BCUT2D eigenvalue weighted by Crippen LogP contribution is 2.29. The summed E-state index contributed by atoms with van der Waals surface area (Å²) in [5.41, 5.74) is 1.84. The van der Waals surface area contributed by atoms with Gasteiger partial charge in [-0.15, -0.1) is 0 Å². The zero-order valence-corrected chi connectivity index (χ0v) is 11.9. The van der Waals surface area contributed by atoms with Gasteiger partial charge in [0.2, 0.25) is 5.91 Å². The number of fused-ring (bicyclic) bond motifs is 1. The molecule has 0 aliphatic carbocycles. The van der Waals surface area contributed by atoms with Gasteiger partial charge in [0.1, 0.15) is 9.87 Å². The van der Waals surface area contributed by atoms with Crippen molar-refractivity contribution in [2.75, 3.05) is 11.4 Å². The van der Waals surface area contributed by atoms with Crippen molar-refractivity contribution in [1.82, 2.24) is 4.72 Å². The van der Waals surface area contributed by atoms with Crippen LogP contribution in [0.2, 0.25) is 0 Å². The number of hydrogen-bond acceptors (Lipinski definition) is 3. The second kappa shape index (κ2) is 6.11. The van der Waals surface area contributed by atoms with Gasteiger partial charge in [0.25, 0.3) is 13.6 Å². The fraction of sp³-hybridized carbons (Fsp3) is 0.417. The van der Waals surface area contributed by atoms with Gasteiger partial charge in [-0.1, -0.05) is 12.1 Å². The highest BCUT2D eigenvalue weighted by Gasteiger charge is 2.26. The summed E-state index contributed by atoms with van der Waals surface area (Å²) in [7, 11) is 1.05. The number of nitrogens with one attached hydrogen (secondary N) is 1. The van der Waals surface area contributed by atoms with E-state index in [4.69, 9.17) is 7.12 Å². The van der Waals surface area contributed by atoms with E-state index in [2.05, 4.69) is 4.72 Å². The normalized spacial score (nSPS) is 15.4. The van der Waals surface area contributed by atoms with E-state index in [9.17, 15) is 22.0 Å². The molecule has 1 aromatic carbocycles. The van der Waals surface area contributed by atoms with E-state index in [0.717, 1.165) is 10.5 Å². The molecular weight excluding hydrogens is 301 g/mol. The lowest BCUT2D eigenvalue weighted by atomic mass is 9.98. The standard InChI is InChI=1S/C12H13BF2N2O3S/c13-21(19,20)16-6-8-1-3-10-9(5-8)2-4-12(18)17(10)7-11(14)15/h1,3,5,11,16H,2,4,6-7H2. The van der Waals surface area contributed by atoms with Crippen LogP contribution in [0.15, 0.2) is 18.2 Å². The highest BCUT2D eigenvalue weighted by molar-refractivity contribution is 8.10. The molecule has 1 amide bonds. The van der Waals surface area contributed by atoms with Gasteiger partial charge in [0.05, 0.1) is 6.54 Å². The van der Waals surface area contributed by atoms with Crippen LogP contribution in [-0.4, -0.2) is 34.4 Å². The maximum Gasteiger partial charge on any atom is 0.277 e. The molecule has 1 heterocycles. The Morgan fingerprint density at radius 1 is 1.33 bits per heavy atom. The first kappa shape index (κ1) is 15.9. The number of hydrogen-bond donors (Lipinski definition) is 1. The molecule has 0 aromatic heterocycles. The van der Waals surface area contributed by atoms with E-state index in [1.807, 2.05) is 0 Å². The zero-order valence-electron chi connectivity index (χ0n) is 11.1. The molecule has 21 heavy (non-hydrogen) atoms. The van der Waals surface area contributed by atoms with Crippen LogP contribution < -0.4 is 9.62 Å². The third kappa shape index (κ3) is 4.24. The predicted molar refractivity (Wildman–Crippen MR) is 74.6 cm³/mol. The first-order valence-corrected chi connectivity index (χ1v) is 7.78. The van der Waals surface area contributed by atoms with Crippen LogP contribution in [0.5, 0.6) is 0 Å². The maximum atomic E-state index is 12.5. The van der Waals surface area contributed by atoms with Gasteiger partial charge in [0, 0.05) is 18.7 Å². The number of anilines is 1. The zero-order chi connectivity index (χ0) is 15.6. The molecule has 0 saturated heterocycles. The number of halogens is 2. The Balaban J connectivity index is 2.22. The minimum atomic E-state index is -3.79. The molecule has 1 aromatic rings. The third-order valence-corrected chi connectivity index (χ3v) is 3.69. The molecule has 0 atom stereocenters. The van der Waals surface area contributed by atoms with Gasteiger partial charge in [-0.05, 0) is 23.6 Å². The molecule has 0 fully saturated rings. The number of rotatable bonds is 5. The second-order valence-corrected chi connectivity index (χ2v) is 6.10. The molecule has 1 aliphatic heterocycles. The van der Waals surface area contributed by atoms with Crippen LogP contribution in [0.1, 0.15) is 17.5 Å². The van der Waals surface area contributed by atoms with E-state index in [0.29, 0.717) is 17.7 Å². The van der Waals surface area contributed by atoms with Crippen LogP contribution in [0.25, 0.3) is 0 Å². The number of aryl methyl sites for hydroxylation is 1.